The second-order valence-electron chi connectivity index (χ2n) is 13.7. The van der Waals surface area contributed by atoms with Crippen molar-refractivity contribution >= 4 is 77.4 Å². The molecule has 3 heterocycles. The molecule has 7 aromatic carbocycles. The molecule has 0 fully saturated rings. The van der Waals surface area contributed by atoms with Crippen LogP contribution in [-0.4, -0.2) is 23.6 Å². The third kappa shape index (κ3) is 3.37. The molecular weight excluding hydrogens is 647 g/mol. The first-order chi connectivity index (χ1) is 23.6. The molecule has 0 radical (unpaired) electrons. The topological polar surface area (TPSA) is 9.86 Å². The van der Waals surface area contributed by atoms with Crippen LogP contribution < -0.4 is 0 Å². The van der Waals surface area contributed by atoms with E-state index in [0.717, 1.165) is 0 Å². The average molecular weight is 678 g/mol. The van der Waals surface area contributed by atoms with Crippen molar-refractivity contribution in [3.8, 4) is 22.5 Å². The minimum absolute atomic E-state index is 0.0170. The zero-order chi connectivity index (χ0) is 31.7. The predicted octanol–water partition coefficient (Wildman–Crippen LogP) is 11.6. The van der Waals surface area contributed by atoms with Crippen molar-refractivity contribution in [1.82, 2.24) is 9.13 Å². The number of hydrogen-bond acceptors (Lipinski definition) is 0. The Balaban J connectivity index is 1.25. The van der Waals surface area contributed by atoms with Gasteiger partial charge in [-0.1, -0.05) is 38.1 Å². The van der Waals surface area contributed by atoms with Crippen LogP contribution in [0.5, 0.6) is 0 Å². The van der Waals surface area contributed by atoms with Crippen molar-refractivity contribution in [2.75, 3.05) is 0 Å². The third-order valence-corrected chi connectivity index (χ3v) is 13.3. The first-order valence-corrected chi connectivity index (χ1v) is 18.4. The SMILES string of the molecule is CC1(C)c2ccccc2-c2cc(-n3c4ccccc4c4c3ccc3c5ccccc5n(-c5ccc6c(c5)[se]c5ccccc56)c34)ccc21. The number of nitrogens with zero attached hydrogens (tertiary/aromatic N) is 2. The Kier molecular flexibility index (Phi) is 5.22. The maximum atomic E-state index is 2.53. The molecule has 1 aliphatic rings. The van der Waals surface area contributed by atoms with E-state index < -0.39 is 0 Å². The molecule has 226 valence electrons. The van der Waals surface area contributed by atoms with E-state index in [1.165, 1.54) is 96.5 Å². The first kappa shape index (κ1) is 26.7. The van der Waals surface area contributed by atoms with E-state index in [0.29, 0.717) is 14.5 Å². The molecule has 3 aromatic heterocycles. The Morgan fingerprint density at radius 2 is 1.06 bits per heavy atom. The molecule has 11 rings (SSSR count). The predicted molar refractivity (Wildman–Crippen MR) is 205 cm³/mol. The van der Waals surface area contributed by atoms with Gasteiger partial charge in [0.2, 0.25) is 0 Å². The molecule has 0 spiro atoms. The van der Waals surface area contributed by atoms with Crippen molar-refractivity contribution in [1.29, 1.82) is 0 Å². The van der Waals surface area contributed by atoms with Gasteiger partial charge in [-0.15, -0.1) is 0 Å². The summed E-state index contributed by atoms with van der Waals surface area (Å²) < 4.78 is 7.96. The molecule has 0 aliphatic heterocycles. The van der Waals surface area contributed by atoms with Gasteiger partial charge < -0.3 is 0 Å². The molecule has 3 heteroatoms. The fourth-order valence-electron chi connectivity index (χ4n) is 8.76. The van der Waals surface area contributed by atoms with E-state index in [9.17, 15) is 0 Å². The molecule has 0 bridgehead atoms. The van der Waals surface area contributed by atoms with Crippen LogP contribution >= 0.6 is 0 Å². The van der Waals surface area contributed by atoms with Gasteiger partial charge in [-0.2, -0.15) is 0 Å². The Morgan fingerprint density at radius 1 is 0.438 bits per heavy atom. The fraction of sp³-hybridized carbons (Fsp3) is 0.0667. The monoisotopic (exact) mass is 678 g/mol. The van der Waals surface area contributed by atoms with Crippen molar-refractivity contribution in [3.63, 3.8) is 0 Å². The Hall–Kier alpha value is -5.34. The summed E-state index contributed by atoms with van der Waals surface area (Å²) in [5, 5.41) is 7.94. The van der Waals surface area contributed by atoms with Crippen LogP contribution in [0.3, 0.4) is 0 Å². The van der Waals surface area contributed by atoms with Crippen LogP contribution in [0.25, 0.3) is 85.4 Å². The zero-order valence-electron chi connectivity index (χ0n) is 26.7. The van der Waals surface area contributed by atoms with E-state index in [1.807, 2.05) is 0 Å². The summed E-state index contributed by atoms with van der Waals surface area (Å²) in [6.45, 7) is 4.71. The molecule has 0 saturated heterocycles. The summed E-state index contributed by atoms with van der Waals surface area (Å²) >= 11 is 0.298. The van der Waals surface area contributed by atoms with Gasteiger partial charge in [-0.3, -0.25) is 0 Å². The van der Waals surface area contributed by atoms with Gasteiger partial charge >= 0.3 is 236 Å². The fourth-order valence-corrected chi connectivity index (χ4v) is 11.1. The van der Waals surface area contributed by atoms with Gasteiger partial charge in [0.25, 0.3) is 0 Å². The molecule has 0 atom stereocenters. The Morgan fingerprint density at radius 3 is 1.94 bits per heavy atom. The van der Waals surface area contributed by atoms with Crippen molar-refractivity contribution in [3.05, 3.63) is 157 Å². The van der Waals surface area contributed by atoms with Crippen LogP contribution in [-0.2, 0) is 5.41 Å². The Labute approximate surface area is 283 Å². The summed E-state index contributed by atoms with van der Waals surface area (Å²) in [5.41, 5.74) is 12.9. The van der Waals surface area contributed by atoms with Gasteiger partial charge in [0.05, 0.1) is 0 Å². The van der Waals surface area contributed by atoms with Gasteiger partial charge in [0, 0.05) is 5.41 Å². The second-order valence-corrected chi connectivity index (χ2v) is 16.0. The summed E-state index contributed by atoms with van der Waals surface area (Å²) in [5.74, 6) is 0. The summed E-state index contributed by atoms with van der Waals surface area (Å²) in [4.78, 5) is 0. The molecule has 2 nitrogen and oxygen atoms in total. The van der Waals surface area contributed by atoms with Gasteiger partial charge in [0.1, 0.15) is 0 Å². The normalized spacial score (nSPS) is 13.8. The van der Waals surface area contributed by atoms with Gasteiger partial charge in [-0.25, -0.2) is 0 Å². The van der Waals surface area contributed by atoms with Crippen LogP contribution in [0.1, 0.15) is 25.0 Å². The van der Waals surface area contributed by atoms with Crippen molar-refractivity contribution < 1.29 is 0 Å². The van der Waals surface area contributed by atoms with E-state index in [4.69, 9.17) is 0 Å². The van der Waals surface area contributed by atoms with Crippen LogP contribution in [0.15, 0.2) is 146 Å². The van der Waals surface area contributed by atoms with Gasteiger partial charge in [0.15, 0.2) is 0 Å². The number of para-hydroxylation sites is 2. The number of rotatable bonds is 2. The van der Waals surface area contributed by atoms with Crippen molar-refractivity contribution in [2.24, 2.45) is 0 Å². The quantitative estimate of drug-likeness (QED) is 0.161. The molecular formula is C45H30N2Se. The second kappa shape index (κ2) is 9.39. The third-order valence-electron chi connectivity index (χ3n) is 10.9. The van der Waals surface area contributed by atoms with Crippen molar-refractivity contribution in [2.45, 2.75) is 19.3 Å². The molecule has 0 unspecified atom stereocenters. The molecule has 10 aromatic rings. The van der Waals surface area contributed by atoms with E-state index >= 15 is 0 Å². The molecule has 1 aliphatic carbocycles. The molecule has 0 N–H and O–H groups in total. The summed E-state index contributed by atoms with van der Waals surface area (Å²) in [7, 11) is 0. The minimum atomic E-state index is -0.0170. The Bertz CT molecular complexity index is 2980. The number of benzene rings is 7. The van der Waals surface area contributed by atoms with Crippen LogP contribution in [0.4, 0.5) is 0 Å². The maximum absolute atomic E-state index is 2.53. The summed E-state index contributed by atoms with van der Waals surface area (Å²) in [6, 6.07) is 54.7. The molecule has 0 amide bonds. The van der Waals surface area contributed by atoms with Crippen LogP contribution in [0, 0.1) is 0 Å². The standard InChI is InChI=1S/C45H30N2Se/c1-45(2)36-15-7-3-11-29(36)35-25-27(20-23-37(35)45)46-39-17-9-5-14-34(39)43-40(46)24-22-33-30-12-4-8-16-38(30)47(44(33)43)28-19-21-32-31-13-6-10-18-41(31)48-42(32)26-28/h3-26H,1-2H3. The number of fused-ring (bicyclic) bond motifs is 13. The van der Waals surface area contributed by atoms with E-state index in [1.54, 1.807) is 0 Å². The first-order valence-electron chi connectivity index (χ1n) is 16.7. The van der Waals surface area contributed by atoms with Crippen LogP contribution in [0.2, 0.25) is 0 Å². The number of aromatic nitrogens is 2. The molecule has 0 saturated carbocycles. The van der Waals surface area contributed by atoms with Gasteiger partial charge in [-0.05, 0) is 5.56 Å². The average Bonchev–Trinajstić information content (AvgIpc) is 3.83. The number of hydrogen-bond donors (Lipinski definition) is 0. The zero-order valence-corrected chi connectivity index (χ0v) is 28.4. The van der Waals surface area contributed by atoms with E-state index in [-0.39, 0.29) is 5.41 Å². The molecule has 48 heavy (non-hydrogen) atoms. The van der Waals surface area contributed by atoms with E-state index in [2.05, 4.69) is 169 Å². The summed E-state index contributed by atoms with van der Waals surface area (Å²) in [6.07, 6.45) is 0.